The third kappa shape index (κ3) is 2.30. The average molecular weight is 295 g/mol. The second-order valence-corrected chi connectivity index (χ2v) is 4.82. The molecule has 0 aromatic heterocycles. The number of nitrogens with one attached hydrogen (secondary N) is 1. The molecule has 0 unspecified atom stereocenters. The molecule has 0 saturated heterocycles. The van der Waals surface area contributed by atoms with Gasteiger partial charge in [0.25, 0.3) is 0 Å². The lowest BCUT2D eigenvalue weighted by Gasteiger charge is -2.11. The summed E-state index contributed by atoms with van der Waals surface area (Å²) >= 11 is 6.00. The van der Waals surface area contributed by atoms with Gasteiger partial charge in [0.05, 0.1) is 11.4 Å². The number of aliphatic imine (C=N–C) groups is 1. The van der Waals surface area contributed by atoms with E-state index in [0.29, 0.717) is 27.5 Å². The van der Waals surface area contributed by atoms with Crippen LogP contribution in [0.25, 0.3) is 0 Å². The molecular formula is C15H10ClFN2O. The summed E-state index contributed by atoms with van der Waals surface area (Å²) in [4.78, 5) is 15.9. The maximum Gasteiger partial charge on any atom is 0.246 e. The van der Waals surface area contributed by atoms with Gasteiger partial charge in [0.15, 0.2) is 0 Å². The van der Waals surface area contributed by atoms with Crippen LogP contribution in [0.4, 0.5) is 10.1 Å². The Morgan fingerprint density at radius 1 is 1.15 bits per heavy atom. The molecule has 1 amide bonds. The summed E-state index contributed by atoms with van der Waals surface area (Å²) in [5.74, 6) is -0.619. The van der Waals surface area contributed by atoms with Gasteiger partial charge >= 0.3 is 0 Å². The van der Waals surface area contributed by atoms with E-state index in [1.54, 1.807) is 36.4 Å². The largest absolute Gasteiger partial charge is 0.324 e. The van der Waals surface area contributed by atoms with Gasteiger partial charge in [-0.2, -0.15) is 0 Å². The van der Waals surface area contributed by atoms with E-state index in [9.17, 15) is 9.18 Å². The first kappa shape index (κ1) is 12.8. The monoisotopic (exact) mass is 294 g/mol. The second-order valence-electron chi connectivity index (χ2n) is 4.38. The SMILES string of the molecule is O=C1CN=C(c2ccccc2F)[13c]2[13cH][13c](Cl)[13cH][13cH][13c]2N1. The predicted octanol–water partition coefficient (Wildman–Crippen LogP) is 3.27. The molecule has 1 N–H and O–H groups in total. The highest BCUT2D eigenvalue weighted by molar-refractivity contribution is 6.32. The van der Waals surface area contributed by atoms with E-state index >= 15 is 0 Å². The van der Waals surface area contributed by atoms with E-state index in [0.717, 1.165) is 0 Å². The van der Waals surface area contributed by atoms with Gasteiger partial charge in [-0.25, -0.2) is 4.39 Å². The lowest BCUT2D eigenvalue weighted by Crippen LogP contribution is -2.13. The van der Waals surface area contributed by atoms with Crippen LogP contribution in [0.3, 0.4) is 0 Å². The molecule has 100 valence electrons. The van der Waals surface area contributed by atoms with Crippen LogP contribution in [0, 0.1) is 5.82 Å². The lowest BCUT2D eigenvalue weighted by molar-refractivity contribution is -0.114. The molecule has 0 radical (unpaired) electrons. The number of fused-ring (bicyclic) bond motifs is 1. The number of hydrogen-bond donors (Lipinski definition) is 1. The fourth-order valence-electron chi connectivity index (χ4n) is 2.13. The van der Waals surface area contributed by atoms with Crippen LogP contribution in [-0.2, 0) is 4.79 Å². The molecule has 20 heavy (non-hydrogen) atoms. The highest BCUT2D eigenvalue weighted by atomic mass is 35.5. The quantitative estimate of drug-likeness (QED) is 0.861. The van der Waals surface area contributed by atoms with Crippen LogP contribution in [0.5, 0.6) is 0 Å². The van der Waals surface area contributed by atoms with Crippen molar-refractivity contribution in [1.82, 2.24) is 0 Å². The summed E-state index contributed by atoms with van der Waals surface area (Å²) in [5.41, 5.74) is 1.99. The van der Waals surface area contributed by atoms with Gasteiger partial charge in [-0.05, 0) is 30.3 Å². The van der Waals surface area contributed by atoms with E-state index in [1.807, 2.05) is 0 Å². The topological polar surface area (TPSA) is 41.5 Å². The maximum atomic E-state index is 14.0. The molecule has 0 fully saturated rings. The minimum absolute atomic E-state index is 0.0457. The summed E-state index contributed by atoms with van der Waals surface area (Å²) < 4.78 is 14.0. The molecular weight excluding hydrogens is 285 g/mol. The van der Waals surface area contributed by atoms with E-state index in [1.165, 1.54) is 6.07 Å². The van der Waals surface area contributed by atoms with Gasteiger partial charge < -0.3 is 5.32 Å². The first-order valence-corrected chi connectivity index (χ1v) is 6.42. The summed E-state index contributed by atoms with van der Waals surface area (Å²) in [6.07, 6.45) is 0. The first-order chi connectivity index (χ1) is 9.65. The third-order valence-electron chi connectivity index (χ3n) is 3.02. The number of anilines is 1. The Morgan fingerprint density at radius 2 is 1.95 bits per heavy atom. The van der Waals surface area contributed by atoms with Crippen molar-refractivity contribution in [2.24, 2.45) is 4.99 Å². The standard InChI is InChI=1S/C15H10ClFN2O/c16-9-5-6-13-11(7-9)15(18-8-14(20)19-13)10-3-1-2-4-12(10)17/h1-7H,8H2,(H,19,20)/i5+1,6+1,7+1,9+1,11+1,13+1. The van der Waals surface area contributed by atoms with E-state index in [-0.39, 0.29) is 18.3 Å². The molecule has 0 aliphatic carbocycles. The number of carbonyl (C=O) groups excluding carboxylic acids is 1. The Balaban J connectivity index is 2.23. The average Bonchev–Trinajstić information content (AvgIpc) is 2.58. The number of benzene rings is 2. The van der Waals surface area contributed by atoms with Crippen LogP contribution >= 0.6 is 11.6 Å². The van der Waals surface area contributed by atoms with Gasteiger partial charge in [-0.15, -0.1) is 0 Å². The number of nitrogens with zero attached hydrogens (tertiary/aromatic N) is 1. The molecule has 0 spiro atoms. The Kier molecular flexibility index (Phi) is 3.24. The Labute approximate surface area is 120 Å². The van der Waals surface area contributed by atoms with E-state index < -0.39 is 0 Å². The van der Waals surface area contributed by atoms with Crippen molar-refractivity contribution in [1.29, 1.82) is 0 Å². The van der Waals surface area contributed by atoms with Crippen molar-refractivity contribution in [3.63, 3.8) is 0 Å². The Hall–Kier alpha value is -2.20. The van der Waals surface area contributed by atoms with Crippen molar-refractivity contribution < 1.29 is 9.18 Å². The van der Waals surface area contributed by atoms with Gasteiger partial charge in [0.2, 0.25) is 5.91 Å². The first-order valence-electron chi connectivity index (χ1n) is 6.04. The third-order valence-corrected chi connectivity index (χ3v) is 3.26. The number of carbonyl (C=O) groups is 1. The summed E-state index contributed by atoms with van der Waals surface area (Å²) in [6.45, 7) is -0.0457. The molecule has 3 nitrogen and oxygen atoms in total. The molecule has 3 rings (SSSR count). The molecule has 1 aliphatic rings. The molecule has 1 aliphatic heterocycles. The van der Waals surface area contributed by atoms with Crippen LogP contribution in [-0.4, -0.2) is 18.2 Å². The van der Waals surface area contributed by atoms with Crippen molar-refractivity contribution in [2.75, 3.05) is 11.9 Å². The molecule has 1 heterocycles. The fraction of sp³-hybridized carbons (Fsp3) is 0.0667. The number of rotatable bonds is 1. The molecule has 2 aromatic rings. The highest BCUT2D eigenvalue weighted by Crippen LogP contribution is 2.26. The van der Waals surface area contributed by atoms with Crippen molar-refractivity contribution >= 4 is 28.9 Å². The number of halogens is 2. The predicted molar refractivity (Wildman–Crippen MR) is 77.0 cm³/mol. The second kappa shape index (κ2) is 5.06. The van der Waals surface area contributed by atoms with E-state index in [2.05, 4.69) is 10.3 Å². The van der Waals surface area contributed by atoms with Gasteiger partial charge in [0, 0.05) is 16.1 Å². The Morgan fingerprint density at radius 3 is 2.75 bits per heavy atom. The van der Waals surface area contributed by atoms with Crippen LogP contribution < -0.4 is 5.32 Å². The minimum Gasteiger partial charge on any atom is -0.324 e. The Bertz CT molecular complexity index is 728. The highest BCUT2D eigenvalue weighted by Gasteiger charge is 2.20. The molecule has 0 saturated carbocycles. The van der Waals surface area contributed by atoms with Gasteiger partial charge in [-0.3, -0.25) is 9.79 Å². The summed E-state index contributed by atoms with van der Waals surface area (Å²) in [7, 11) is 0. The lowest BCUT2D eigenvalue weighted by atomic mass is 10.1. The number of amides is 1. The summed E-state index contributed by atoms with van der Waals surface area (Å²) in [5, 5.41) is 3.24. The van der Waals surface area contributed by atoms with Crippen molar-refractivity contribution in [2.45, 2.75) is 0 Å². The molecule has 0 bridgehead atoms. The zero-order chi connectivity index (χ0) is 14.1. The van der Waals surface area contributed by atoms with E-state index in [4.69, 9.17) is 11.6 Å². The van der Waals surface area contributed by atoms with Crippen molar-refractivity contribution in [3.8, 4) is 0 Å². The normalized spacial score (nSPS) is 14.1. The number of hydrogen-bond acceptors (Lipinski definition) is 2. The van der Waals surface area contributed by atoms with Crippen LogP contribution in [0.1, 0.15) is 11.1 Å². The van der Waals surface area contributed by atoms with Crippen LogP contribution in [0.2, 0.25) is 5.02 Å². The number of benzodiazepines with no additional fused rings is 1. The maximum absolute atomic E-state index is 14.0. The zero-order valence-corrected chi connectivity index (χ0v) is 11.1. The smallest absolute Gasteiger partial charge is 0.246 e. The van der Waals surface area contributed by atoms with Gasteiger partial charge in [0.1, 0.15) is 12.4 Å². The molecule has 0 atom stereocenters. The van der Waals surface area contributed by atoms with Crippen molar-refractivity contribution in [3.05, 3.63) is 64.4 Å². The minimum atomic E-state index is -0.383. The zero-order valence-electron chi connectivity index (χ0n) is 10.4. The van der Waals surface area contributed by atoms with Crippen LogP contribution in [0.15, 0.2) is 47.5 Å². The molecule has 2 aromatic carbocycles. The fourth-order valence-corrected chi connectivity index (χ4v) is 2.30. The molecule has 5 heteroatoms. The summed E-state index contributed by atoms with van der Waals surface area (Å²) in [6, 6.07) is 11.4. The van der Waals surface area contributed by atoms with Gasteiger partial charge in [-0.1, -0.05) is 23.7 Å².